The van der Waals surface area contributed by atoms with Crippen molar-refractivity contribution in [2.75, 3.05) is 6.54 Å². The SMILES string of the molecule is Cc1cc(-c2nnc3cc(C(C)(C)C)c(OCc4ccc5c(n4)CCNC5)nn23)no1. The molecule has 5 heterocycles. The zero-order valence-electron chi connectivity index (χ0n) is 18.1. The minimum Gasteiger partial charge on any atom is -0.470 e. The van der Waals surface area contributed by atoms with Crippen LogP contribution in [0.4, 0.5) is 0 Å². The van der Waals surface area contributed by atoms with E-state index in [1.54, 1.807) is 4.52 Å². The van der Waals surface area contributed by atoms with Gasteiger partial charge < -0.3 is 14.6 Å². The Morgan fingerprint density at radius 1 is 1.19 bits per heavy atom. The molecule has 0 saturated carbocycles. The third kappa shape index (κ3) is 3.76. The first-order valence-electron chi connectivity index (χ1n) is 10.4. The van der Waals surface area contributed by atoms with Gasteiger partial charge in [0, 0.05) is 36.8 Å². The summed E-state index contributed by atoms with van der Waals surface area (Å²) < 4.78 is 13.0. The molecule has 0 saturated heterocycles. The van der Waals surface area contributed by atoms with Crippen LogP contribution in [0.25, 0.3) is 17.2 Å². The van der Waals surface area contributed by atoms with Gasteiger partial charge in [-0.05, 0) is 30.0 Å². The summed E-state index contributed by atoms with van der Waals surface area (Å²) in [4.78, 5) is 4.79. The third-order valence-electron chi connectivity index (χ3n) is 5.36. The molecule has 0 aromatic carbocycles. The number of hydrogen-bond acceptors (Lipinski definition) is 8. The molecule has 0 amide bonds. The van der Waals surface area contributed by atoms with Crippen LogP contribution < -0.4 is 10.1 Å². The molecule has 0 bridgehead atoms. The Labute approximate surface area is 179 Å². The van der Waals surface area contributed by atoms with Crippen LogP contribution in [0.15, 0.2) is 28.8 Å². The van der Waals surface area contributed by atoms with Gasteiger partial charge in [0.15, 0.2) is 11.3 Å². The van der Waals surface area contributed by atoms with Crippen molar-refractivity contribution < 1.29 is 9.26 Å². The smallest absolute Gasteiger partial charge is 0.236 e. The molecule has 9 nitrogen and oxygen atoms in total. The predicted octanol–water partition coefficient (Wildman–Crippen LogP) is 3.00. The topological polar surface area (TPSA) is 103 Å². The monoisotopic (exact) mass is 419 g/mol. The van der Waals surface area contributed by atoms with Gasteiger partial charge in [0.25, 0.3) is 0 Å². The van der Waals surface area contributed by atoms with E-state index in [1.165, 1.54) is 5.56 Å². The molecule has 0 unspecified atom stereocenters. The van der Waals surface area contributed by atoms with E-state index in [-0.39, 0.29) is 5.41 Å². The zero-order chi connectivity index (χ0) is 21.6. The highest BCUT2D eigenvalue weighted by Crippen LogP contribution is 2.32. The molecule has 0 aliphatic carbocycles. The molecule has 5 rings (SSSR count). The van der Waals surface area contributed by atoms with Gasteiger partial charge in [-0.15, -0.1) is 15.3 Å². The van der Waals surface area contributed by atoms with Crippen LogP contribution in [0.2, 0.25) is 0 Å². The van der Waals surface area contributed by atoms with E-state index < -0.39 is 0 Å². The molecule has 0 spiro atoms. The fraction of sp³-hybridized carbons (Fsp3) is 0.409. The Bertz CT molecular complexity index is 1250. The van der Waals surface area contributed by atoms with Gasteiger partial charge in [0.05, 0.1) is 5.69 Å². The van der Waals surface area contributed by atoms with Crippen LogP contribution in [-0.4, -0.2) is 36.5 Å². The van der Waals surface area contributed by atoms with Crippen molar-refractivity contribution in [3.8, 4) is 17.4 Å². The largest absolute Gasteiger partial charge is 0.470 e. The fourth-order valence-corrected chi connectivity index (χ4v) is 3.70. The lowest BCUT2D eigenvalue weighted by Crippen LogP contribution is -2.25. The second-order valence-corrected chi connectivity index (χ2v) is 8.85. The molecule has 160 valence electrons. The van der Waals surface area contributed by atoms with E-state index in [2.05, 4.69) is 47.5 Å². The molecule has 9 heteroatoms. The molecule has 1 aliphatic heterocycles. The summed E-state index contributed by atoms with van der Waals surface area (Å²) in [7, 11) is 0. The molecule has 4 aromatic heterocycles. The molecule has 1 N–H and O–H groups in total. The molecule has 31 heavy (non-hydrogen) atoms. The number of aryl methyl sites for hydroxylation is 1. The van der Waals surface area contributed by atoms with Gasteiger partial charge in [-0.2, -0.15) is 4.52 Å². The Hall–Kier alpha value is -3.33. The summed E-state index contributed by atoms with van der Waals surface area (Å²) >= 11 is 0. The Morgan fingerprint density at radius 3 is 2.84 bits per heavy atom. The maximum absolute atomic E-state index is 6.20. The lowest BCUT2D eigenvalue weighted by Gasteiger charge is -2.22. The number of rotatable bonds is 4. The van der Waals surface area contributed by atoms with Crippen molar-refractivity contribution in [3.05, 3.63) is 52.5 Å². The molecular formula is C22H25N7O2. The molecule has 1 aliphatic rings. The normalized spacial score (nSPS) is 14.1. The standard InChI is InChI=1S/C22H25N7O2/c1-13-9-18(28-31-13)20-26-25-19-10-16(22(2,3)4)21(27-29(19)20)30-12-15-6-5-14-11-23-8-7-17(14)24-15/h5-6,9-10,23H,7-8,11-12H2,1-4H3. The highest BCUT2D eigenvalue weighted by molar-refractivity contribution is 5.56. The minimum absolute atomic E-state index is 0.185. The first-order valence-corrected chi connectivity index (χ1v) is 10.4. The predicted molar refractivity (Wildman–Crippen MR) is 114 cm³/mol. The number of nitrogens with zero attached hydrogens (tertiary/aromatic N) is 6. The minimum atomic E-state index is -0.185. The van der Waals surface area contributed by atoms with Gasteiger partial charge in [-0.25, -0.2) is 0 Å². The van der Waals surface area contributed by atoms with Gasteiger partial charge in [-0.1, -0.05) is 32.0 Å². The lowest BCUT2D eigenvalue weighted by molar-refractivity contribution is 0.275. The van der Waals surface area contributed by atoms with Crippen molar-refractivity contribution in [2.45, 2.75) is 52.7 Å². The number of ether oxygens (including phenoxy) is 1. The zero-order valence-corrected chi connectivity index (χ0v) is 18.1. The Morgan fingerprint density at radius 2 is 2.06 bits per heavy atom. The highest BCUT2D eigenvalue weighted by atomic mass is 16.5. The second-order valence-electron chi connectivity index (χ2n) is 8.85. The molecule has 4 aromatic rings. The average molecular weight is 419 g/mol. The van der Waals surface area contributed by atoms with E-state index in [4.69, 9.17) is 19.3 Å². The maximum atomic E-state index is 6.20. The van der Waals surface area contributed by atoms with Gasteiger partial charge in [0.2, 0.25) is 11.7 Å². The van der Waals surface area contributed by atoms with Crippen molar-refractivity contribution in [3.63, 3.8) is 0 Å². The van der Waals surface area contributed by atoms with Crippen molar-refractivity contribution in [1.29, 1.82) is 0 Å². The van der Waals surface area contributed by atoms with E-state index in [1.807, 2.05) is 25.1 Å². The highest BCUT2D eigenvalue weighted by Gasteiger charge is 2.24. The first-order chi connectivity index (χ1) is 14.9. The molecule has 0 fully saturated rings. The fourth-order valence-electron chi connectivity index (χ4n) is 3.70. The van der Waals surface area contributed by atoms with Crippen molar-refractivity contribution in [1.82, 2.24) is 35.3 Å². The summed E-state index contributed by atoms with van der Waals surface area (Å²) in [6, 6.07) is 7.92. The van der Waals surface area contributed by atoms with Gasteiger partial charge in [0.1, 0.15) is 12.4 Å². The van der Waals surface area contributed by atoms with Crippen LogP contribution in [0, 0.1) is 6.92 Å². The number of fused-ring (bicyclic) bond motifs is 2. The average Bonchev–Trinajstić information content (AvgIpc) is 3.36. The Kier molecular flexibility index (Phi) is 4.70. The quantitative estimate of drug-likeness (QED) is 0.538. The summed E-state index contributed by atoms with van der Waals surface area (Å²) in [5.41, 5.74) is 5.26. The maximum Gasteiger partial charge on any atom is 0.236 e. The van der Waals surface area contributed by atoms with E-state index in [0.29, 0.717) is 35.4 Å². The number of hydrogen-bond donors (Lipinski definition) is 1. The summed E-state index contributed by atoms with van der Waals surface area (Å²) in [6.45, 7) is 10.4. The van der Waals surface area contributed by atoms with Crippen molar-refractivity contribution >= 4 is 5.65 Å². The molecule has 0 radical (unpaired) electrons. The van der Waals surface area contributed by atoms with Gasteiger partial charge in [-0.3, -0.25) is 4.98 Å². The number of pyridine rings is 1. The summed E-state index contributed by atoms with van der Waals surface area (Å²) in [6.07, 6.45) is 0.932. The van der Waals surface area contributed by atoms with Crippen molar-refractivity contribution in [2.24, 2.45) is 0 Å². The van der Waals surface area contributed by atoms with Crippen LogP contribution in [-0.2, 0) is 25.0 Å². The first kappa shape index (κ1) is 19.6. The van der Waals surface area contributed by atoms with Crippen LogP contribution >= 0.6 is 0 Å². The van der Waals surface area contributed by atoms with E-state index >= 15 is 0 Å². The lowest BCUT2D eigenvalue weighted by atomic mass is 9.88. The van der Waals surface area contributed by atoms with E-state index in [0.717, 1.165) is 36.5 Å². The van der Waals surface area contributed by atoms with Crippen LogP contribution in [0.1, 0.15) is 49.0 Å². The van der Waals surface area contributed by atoms with Gasteiger partial charge >= 0.3 is 0 Å². The number of aromatic nitrogens is 6. The third-order valence-corrected chi connectivity index (χ3v) is 5.36. The number of nitrogens with one attached hydrogen (secondary N) is 1. The van der Waals surface area contributed by atoms with Crippen LogP contribution in [0.3, 0.4) is 0 Å². The molecular weight excluding hydrogens is 394 g/mol. The molecule has 0 atom stereocenters. The summed E-state index contributed by atoms with van der Waals surface area (Å²) in [5, 5.41) is 20.7. The van der Waals surface area contributed by atoms with E-state index in [9.17, 15) is 0 Å². The Balaban J connectivity index is 1.51. The second kappa shape index (κ2) is 7.42. The summed E-state index contributed by atoms with van der Waals surface area (Å²) in [5.74, 6) is 1.74. The van der Waals surface area contributed by atoms with Crippen LogP contribution in [0.5, 0.6) is 5.88 Å².